The van der Waals surface area contributed by atoms with Crippen LogP contribution in [0.3, 0.4) is 0 Å². The van der Waals surface area contributed by atoms with Crippen molar-refractivity contribution in [2.45, 2.75) is 38.9 Å². The number of fused-ring (bicyclic) bond motifs is 1. The standard InChI is InChI=1S/C14H19ISeSi/c1-4-17(5-2,6-3)14-13(15)11-9-7-8-10-12(11)16-14/h7-10H,4-6H2,1-3H3. The van der Waals surface area contributed by atoms with Gasteiger partial charge in [-0.1, -0.05) is 0 Å². The van der Waals surface area contributed by atoms with E-state index in [-0.39, 0.29) is 0 Å². The predicted octanol–water partition coefficient (Wildman–Crippen LogP) is 4.22. The number of hydrogen-bond donors (Lipinski definition) is 0. The van der Waals surface area contributed by atoms with Crippen molar-refractivity contribution in [3.8, 4) is 0 Å². The van der Waals surface area contributed by atoms with Crippen molar-refractivity contribution in [2.75, 3.05) is 0 Å². The van der Waals surface area contributed by atoms with Gasteiger partial charge in [0, 0.05) is 0 Å². The first-order valence-electron chi connectivity index (χ1n) is 6.36. The molecule has 0 radical (unpaired) electrons. The van der Waals surface area contributed by atoms with Gasteiger partial charge < -0.3 is 0 Å². The van der Waals surface area contributed by atoms with Gasteiger partial charge in [0.15, 0.2) is 0 Å². The second-order valence-electron chi connectivity index (χ2n) is 4.58. The Labute approximate surface area is 125 Å². The Morgan fingerprint density at radius 1 is 1.06 bits per heavy atom. The molecule has 0 nitrogen and oxygen atoms in total. The second kappa shape index (κ2) is 5.60. The Morgan fingerprint density at radius 3 is 2.18 bits per heavy atom. The fraction of sp³-hybridized carbons (Fsp3) is 0.429. The average Bonchev–Trinajstić information content (AvgIpc) is 2.72. The molecule has 0 atom stereocenters. The molecular weight excluding hydrogens is 402 g/mol. The van der Waals surface area contributed by atoms with E-state index in [1.165, 1.54) is 23.5 Å². The molecule has 0 amide bonds. The van der Waals surface area contributed by atoms with Crippen LogP contribution in [0.5, 0.6) is 0 Å². The Balaban J connectivity index is 2.65. The van der Waals surface area contributed by atoms with E-state index in [1.54, 1.807) is 7.83 Å². The van der Waals surface area contributed by atoms with Crippen molar-refractivity contribution in [1.29, 1.82) is 0 Å². The molecule has 0 aliphatic carbocycles. The van der Waals surface area contributed by atoms with Crippen LogP contribution < -0.4 is 4.06 Å². The minimum absolute atomic E-state index is 0.612. The molecular formula is C14H19ISeSi. The van der Waals surface area contributed by atoms with Gasteiger partial charge in [0.25, 0.3) is 0 Å². The summed E-state index contributed by atoms with van der Waals surface area (Å²) in [5.41, 5.74) is 0. The predicted molar refractivity (Wildman–Crippen MR) is 90.4 cm³/mol. The van der Waals surface area contributed by atoms with Crippen LogP contribution in [0.1, 0.15) is 20.8 Å². The number of benzene rings is 1. The van der Waals surface area contributed by atoms with E-state index in [2.05, 4.69) is 67.6 Å². The molecule has 2 rings (SSSR count). The molecule has 1 aromatic heterocycles. The van der Waals surface area contributed by atoms with E-state index in [9.17, 15) is 0 Å². The quantitative estimate of drug-likeness (QED) is 0.513. The van der Waals surface area contributed by atoms with Crippen LogP contribution in [0.25, 0.3) is 9.65 Å². The molecule has 0 aliphatic rings. The molecule has 17 heavy (non-hydrogen) atoms. The summed E-state index contributed by atoms with van der Waals surface area (Å²) in [5, 5.41) is 1.54. The van der Waals surface area contributed by atoms with Crippen molar-refractivity contribution in [3.05, 3.63) is 27.8 Å². The fourth-order valence-electron chi connectivity index (χ4n) is 2.59. The third-order valence-corrected chi connectivity index (χ3v) is 17.1. The van der Waals surface area contributed by atoms with Crippen molar-refractivity contribution >= 4 is 58.9 Å². The van der Waals surface area contributed by atoms with Crippen molar-refractivity contribution < 1.29 is 0 Å². The summed E-state index contributed by atoms with van der Waals surface area (Å²) in [4.78, 5) is 0. The number of halogens is 1. The fourth-order valence-corrected chi connectivity index (χ4v) is 15.5. The molecule has 0 unspecified atom stereocenters. The van der Waals surface area contributed by atoms with Gasteiger partial charge >= 0.3 is 126 Å². The van der Waals surface area contributed by atoms with Gasteiger partial charge in [-0.3, -0.25) is 0 Å². The Morgan fingerprint density at radius 2 is 1.65 bits per heavy atom. The summed E-state index contributed by atoms with van der Waals surface area (Å²) in [6, 6.07) is 13.3. The molecule has 3 heteroatoms. The van der Waals surface area contributed by atoms with E-state index >= 15 is 0 Å². The maximum absolute atomic E-state index is 2.61. The van der Waals surface area contributed by atoms with Gasteiger partial charge in [-0.15, -0.1) is 0 Å². The average molecular weight is 421 g/mol. The molecule has 0 fully saturated rings. The van der Waals surface area contributed by atoms with Crippen molar-refractivity contribution in [2.24, 2.45) is 0 Å². The Kier molecular flexibility index (Phi) is 4.56. The maximum atomic E-state index is 2.61. The molecule has 0 saturated carbocycles. The minimum atomic E-state index is -1.15. The van der Waals surface area contributed by atoms with Crippen LogP contribution in [0.15, 0.2) is 24.3 Å². The zero-order chi connectivity index (χ0) is 12.5. The monoisotopic (exact) mass is 422 g/mol. The molecule has 92 valence electrons. The first kappa shape index (κ1) is 13.8. The summed E-state index contributed by atoms with van der Waals surface area (Å²) >= 11 is 3.22. The van der Waals surface area contributed by atoms with E-state index in [1.807, 2.05) is 4.06 Å². The van der Waals surface area contributed by atoms with Gasteiger partial charge in [0.05, 0.1) is 0 Å². The van der Waals surface area contributed by atoms with Gasteiger partial charge in [-0.2, -0.15) is 0 Å². The molecule has 0 bridgehead atoms. The summed E-state index contributed by atoms with van der Waals surface area (Å²) in [5.74, 6) is 0. The summed E-state index contributed by atoms with van der Waals surface area (Å²) in [6.07, 6.45) is 0. The van der Waals surface area contributed by atoms with Gasteiger partial charge in [-0.05, 0) is 0 Å². The third kappa shape index (κ3) is 2.32. The number of hydrogen-bond acceptors (Lipinski definition) is 0. The van der Waals surface area contributed by atoms with Crippen molar-refractivity contribution in [1.82, 2.24) is 0 Å². The van der Waals surface area contributed by atoms with Crippen LogP contribution in [0.4, 0.5) is 0 Å². The second-order valence-corrected chi connectivity index (χ2v) is 13.9. The molecule has 0 saturated heterocycles. The van der Waals surface area contributed by atoms with E-state index in [0.29, 0.717) is 14.5 Å². The summed E-state index contributed by atoms with van der Waals surface area (Å²) < 4.78 is 5.11. The zero-order valence-corrected chi connectivity index (χ0v) is 15.6. The number of rotatable bonds is 4. The van der Waals surface area contributed by atoms with Gasteiger partial charge in [0.1, 0.15) is 0 Å². The SMILES string of the molecule is CC[Si](CC)(CC)c1[se]c2ccccc2c1I. The topological polar surface area (TPSA) is 0 Å². The van der Waals surface area contributed by atoms with Crippen LogP contribution >= 0.6 is 22.6 Å². The van der Waals surface area contributed by atoms with E-state index in [4.69, 9.17) is 0 Å². The molecule has 2 aromatic rings. The molecule has 0 N–H and O–H groups in total. The molecule has 0 spiro atoms. The zero-order valence-electron chi connectivity index (χ0n) is 10.7. The van der Waals surface area contributed by atoms with Crippen molar-refractivity contribution in [3.63, 3.8) is 0 Å². The first-order chi connectivity index (χ1) is 8.18. The van der Waals surface area contributed by atoms with Crippen LogP contribution in [0.2, 0.25) is 18.1 Å². The Bertz CT molecular complexity index is 506. The Hall–Kier alpha value is 0.426. The normalized spacial score (nSPS) is 12.2. The van der Waals surface area contributed by atoms with Gasteiger partial charge in [-0.25, -0.2) is 0 Å². The summed E-state index contributed by atoms with van der Waals surface area (Å²) in [7, 11) is -1.15. The van der Waals surface area contributed by atoms with E-state index < -0.39 is 8.07 Å². The van der Waals surface area contributed by atoms with E-state index in [0.717, 1.165) is 0 Å². The van der Waals surface area contributed by atoms with Crippen LogP contribution in [-0.4, -0.2) is 22.6 Å². The van der Waals surface area contributed by atoms with Crippen LogP contribution in [0, 0.1) is 3.57 Å². The first-order valence-corrected chi connectivity index (χ1v) is 11.8. The molecule has 1 aromatic carbocycles. The molecule has 1 heterocycles. The summed E-state index contributed by atoms with van der Waals surface area (Å²) in [6.45, 7) is 7.24. The van der Waals surface area contributed by atoms with Gasteiger partial charge in [0.2, 0.25) is 0 Å². The molecule has 0 aliphatic heterocycles. The third-order valence-electron chi connectivity index (χ3n) is 4.05. The van der Waals surface area contributed by atoms with Crippen LogP contribution in [-0.2, 0) is 0 Å².